The number of nitrogens with one attached hydrogen (secondary N) is 1. The monoisotopic (exact) mass is 535 g/mol. The van der Waals surface area contributed by atoms with E-state index in [1.165, 1.54) is 29.2 Å². The quantitative estimate of drug-likeness (QED) is 0.185. The number of aliphatic imine (C=N–C) groups is 1. The Morgan fingerprint density at radius 2 is 1.71 bits per heavy atom. The highest BCUT2D eigenvalue weighted by Gasteiger charge is 2.25. The highest BCUT2D eigenvalue weighted by molar-refractivity contribution is 8.04. The molecule has 0 radical (unpaired) electrons. The Labute approximate surface area is 227 Å². The van der Waals surface area contributed by atoms with Crippen molar-refractivity contribution in [3.63, 3.8) is 0 Å². The predicted octanol–water partition coefficient (Wildman–Crippen LogP) is 6.32. The zero-order chi connectivity index (χ0) is 25.9. The summed E-state index contributed by atoms with van der Waals surface area (Å²) in [4.78, 5) is 35.9. The van der Waals surface area contributed by atoms with Gasteiger partial charge in [0.2, 0.25) is 4.96 Å². The van der Waals surface area contributed by atoms with E-state index in [2.05, 4.69) is 15.4 Å². The van der Waals surface area contributed by atoms with Gasteiger partial charge in [-0.05, 0) is 17.7 Å². The Bertz CT molecular complexity index is 1700. The van der Waals surface area contributed by atoms with Gasteiger partial charge < -0.3 is 5.32 Å². The number of fused-ring (bicyclic) bond motifs is 2. The first-order valence-electron chi connectivity index (χ1n) is 12.0. The molecule has 0 bridgehead atoms. The van der Waals surface area contributed by atoms with Crippen LogP contribution in [0, 0.1) is 0 Å². The van der Waals surface area contributed by atoms with E-state index in [1.54, 1.807) is 34.3 Å². The Balaban J connectivity index is 1.15. The van der Waals surface area contributed by atoms with Crippen LogP contribution in [-0.2, 0) is 0 Å². The molecule has 2 aromatic heterocycles. The van der Waals surface area contributed by atoms with Crippen LogP contribution < -0.4 is 5.32 Å². The van der Waals surface area contributed by atoms with Gasteiger partial charge in [0.05, 0.1) is 10.6 Å². The number of ketones is 2. The average Bonchev–Trinajstić information content (AvgIpc) is 3.55. The van der Waals surface area contributed by atoms with E-state index in [1.807, 2.05) is 60.8 Å². The van der Waals surface area contributed by atoms with Crippen LogP contribution in [-0.4, -0.2) is 44.7 Å². The van der Waals surface area contributed by atoms with Crippen molar-refractivity contribution in [3.05, 3.63) is 112 Å². The van der Waals surface area contributed by atoms with Gasteiger partial charge >= 0.3 is 0 Å². The molecule has 6 rings (SSSR count). The van der Waals surface area contributed by atoms with Crippen LogP contribution in [0.1, 0.15) is 26.3 Å². The minimum absolute atomic E-state index is 0.104. The number of carbonyl (C=O) groups is 2. The number of nitrogens with zero attached hydrogens (tertiary/aromatic N) is 4. The van der Waals surface area contributed by atoms with E-state index in [-0.39, 0.29) is 11.6 Å². The fourth-order valence-corrected chi connectivity index (χ4v) is 5.65. The first kappa shape index (κ1) is 24.0. The van der Waals surface area contributed by atoms with Crippen molar-refractivity contribution in [1.82, 2.24) is 14.6 Å². The molecule has 3 aromatic carbocycles. The van der Waals surface area contributed by atoms with Crippen molar-refractivity contribution >= 4 is 57.3 Å². The summed E-state index contributed by atoms with van der Waals surface area (Å²) < 4.78 is 1.79. The highest BCUT2D eigenvalue weighted by Crippen LogP contribution is 2.32. The molecule has 0 aliphatic heterocycles. The maximum absolute atomic E-state index is 12.8. The summed E-state index contributed by atoms with van der Waals surface area (Å²) in [6, 6.07) is 24.8. The van der Waals surface area contributed by atoms with Gasteiger partial charge in [0.15, 0.2) is 17.4 Å². The van der Waals surface area contributed by atoms with Crippen LogP contribution in [0.4, 0.5) is 11.5 Å². The molecule has 5 aromatic rings. The number of imidazole rings is 1. The Morgan fingerprint density at radius 3 is 2.53 bits per heavy atom. The maximum atomic E-state index is 12.8. The number of aromatic nitrogens is 3. The number of hydrogen-bond donors (Lipinski definition) is 1. The molecule has 2 heterocycles. The van der Waals surface area contributed by atoms with Gasteiger partial charge in [0.1, 0.15) is 11.2 Å². The largest absolute Gasteiger partial charge is 0.367 e. The van der Waals surface area contributed by atoms with Crippen LogP contribution in [0.5, 0.6) is 0 Å². The van der Waals surface area contributed by atoms with Gasteiger partial charge in [-0.2, -0.15) is 9.61 Å². The van der Waals surface area contributed by atoms with E-state index in [4.69, 9.17) is 4.98 Å². The van der Waals surface area contributed by atoms with Crippen LogP contribution in [0.2, 0.25) is 0 Å². The molecule has 0 saturated heterocycles. The first-order valence-corrected chi connectivity index (χ1v) is 13.8. The molecule has 1 aliphatic rings. The summed E-state index contributed by atoms with van der Waals surface area (Å²) in [6.45, 7) is 0.558. The van der Waals surface area contributed by atoms with E-state index in [9.17, 15) is 9.59 Å². The average molecular weight is 536 g/mol. The molecule has 0 spiro atoms. The molecule has 0 amide bonds. The molecule has 186 valence electrons. The lowest BCUT2D eigenvalue weighted by Crippen LogP contribution is -2.16. The number of hydrogen-bond acceptors (Lipinski definition) is 8. The summed E-state index contributed by atoms with van der Waals surface area (Å²) in [5.41, 5.74) is 6.32. The Morgan fingerprint density at radius 1 is 0.947 bits per heavy atom. The standard InChI is InChI=1S/C29H21N5O2S2/c35-24-16-25(27(36)23-9-5-4-8-22(23)24)37-15-14-30-28-26(33-29-34(28)32-18-38-29)20-10-12-21(13-11-20)31-17-19-6-2-1-3-7-19/h1-13,16-18,30H,14-15H2/b31-17-. The molecule has 0 atom stereocenters. The van der Waals surface area contributed by atoms with E-state index in [0.29, 0.717) is 28.3 Å². The van der Waals surface area contributed by atoms with Crippen molar-refractivity contribution in [1.29, 1.82) is 0 Å². The fraction of sp³-hybridized carbons (Fsp3) is 0.0690. The lowest BCUT2D eigenvalue weighted by molar-refractivity contribution is 0.0991. The molecule has 7 nitrogen and oxygen atoms in total. The summed E-state index contributed by atoms with van der Waals surface area (Å²) in [5, 5.41) is 7.87. The normalized spacial score (nSPS) is 13.2. The first-order chi connectivity index (χ1) is 18.7. The number of anilines is 1. The lowest BCUT2D eigenvalue weighted by atomic mass is 9.95. The zero-order valence-electron chi connectivity index (χ0n) is 20.1. The predicted molar refractivity (Wildman–Crippen MR) is 154 cm³/mol. The van der Waals surface area contributed by atoms with Gasteiger partial charge in [-0.25, -0.2) is 4.98 Å². The summed E-state index contributed by atoms with van der Waals surface area (Å²) in [7, 11) is 0. The maximum Gasteiger partial charge on any atom is 0.214 e. The van der Waals surface area contributed by atoms with Gasteiger partial charge in [-0.3, -0.25) is 14.6 Å². The van der Waals surface area contributed by atoms with Crippen molar-refractivity contribution in [2.45, 2.75) is 0 Å². The van der Waals surface area contributed by atoms with Crippen molar-refractivity contribution in [2.24, 2.45) is 4.99 Å². The number of allylic oxidation sites excluding steroid dienone is 2. The van der Waals surface area contributed by atoms with Crippen LogP contribution >= 0.6 is 23.1 Å². The molecule has 0 saturated carbocycles. The van der Waals surface area contributed by atoms with Crippen LogP contribution in [0.15, 0.2) is 100 Å². The Kier molecular flexibility index (Phi) is 6.68. The molecule has 1 N–H and O–H groups in total. The number of Topliss-reactive ketones (excluding diaryl/α,β-unsaturated/α-hetero) is 1. The third kappa shape index (κ3) is 4.81. The summed E-state index contributed by atoms with van der Waals surface area (Å²) in [6.07, 6.45) is 3.29. The third-order valence-corrected chi connectivity index (χ3v) is 7.72. The number of rotatable bonds is 8. The molecule has 9 heteroatoms. The van der Waals surface area contributed by atoms with Crippen LogP contribution in [0.3, 0.4) is 0 Å². The fourth-order valence-electron chi connectivity index (χ4n) is 4.18. The molecule has 0 fully saturated rings. The zero-order valence-corrected chi connectivity index (χ0v) is 21.7. The summed E-state index contributed by atoms with van der Waals surface area (Å²) in [5.74, 6) is 1.14. The Hall–Kier alpha value is -4.34. The minimum atomic E-state index is -0.130. The smallest absolute Gasteiger partial charge is 0.214 e. The highest BCUT2D eigenvalue weighted by atomic mass is 32.2. The third-order valence-electron chi connectivity index (χ3n) is 6.02. The van der Waals surface area contributed by atoms with Gasteiger partial charge in [-0.15, -0.1) is 11.8 Å². The number of benzene rings is 3. The second kappa shape index (κ2) is 10.6. The van der Waals surface area contributed by atoms with Crippen molar-refractivity contribution in [2.75, 3.05) is 17.6 Å². The SMILES string of the molecule is O=C1C=C(SCCNc2c(-c3ccc(/N=C\c4ccccc4)cc3)nc3scnn23)C(=O)c2ccccc21. The van der Waals surface area contributed by atoms with Gasteiger partial charge in [0, 0.05) is 41.3 Å². The van der Waals surface area contributed by atoms with E-state index >= 15 is 0 Å². The topological polar surface area (TPSA) is 88.7 Å². The molecule has 0 unspecified atom stereocenters. The van der Waals surface area contributed by atoms with Crippen molar-refractivity contribution < 1.29 is 9.59 Å². The van der Waals surface area contributed by atoms with E-state index < -0.39 is 0 Å². The number of carbonyl (C=O) groups excluding carboxylic acids is 2. The molecule has 1 aliphatic carbocycles. The molecule has 38 heavy (non-hydrogen) atoms. The van der Waals surface area contributed by atoms with Gasteiger partial charge in [-0.1, -0.05) is 78.1 Å². The van der Waals surface area contributed by atoms with E-state index in [0.717, 1.165) is 33.3 Å². The lowest BCUT2D eigenvalue weighted by Gasteiger charge is -2.14. The molecular formula is C29H21N5O2S2. The number of thioether (sulfide) groups is 1. The molecular weight excluding hydrogens is 514 g/mol. The minimum Gasteiger partial charge on any atom is -0.367 e. The summed E-state index contributed by atoms with van der Waals surface area (Å²) >= 11 is 2.84. The second-order valence-electron chi connectivity index (χ2n) is 8.48. The van der Waals surface area contributed by atoms with Crippen LogP contribution in [0.25, 0.3) is 16.2 Å². The second-order valence-corrected chi connectivity index (χ2v) is 10.4. The van der Waals surface area contributed by atoms with Crippen molar-refractivity contribution in [3.8, 4) is 11.3 Å². The van der Waals surface area contributed by atoms with Gasteiger partial charge in [0.25, 0.3) is 0 Å².